The van der Waals surface area contributed by atoms with Crippen molar-refractivity contribution in [2.45, 2.75) is 77.8 Å². The Morgan fingerprint density at radius 1 is 1.29 bits per heavy atom. The number of likely N-dealkylation sites (tertiary alicyclic amines) is 1. The van der Waals surface area contributed by atoms with Gasteiger partial charge in [0.1, 0.15) is 0 Å². The molecule has 1 aromatic carbocycles. The molecule has 4 unspecified atom stereocenters. The van der Waals surface area contributed by atoms with Crippen LogP contribution in [0.3, 0.4) is 0 Å². The predicted molar refractivity (Wildman–Crippen MR) is 128 cm³/mol. The highest BCUT2D eigenvalue weighted by atomic mass is 35.5. The number of aromatic nitrogens is 1. The summed E-state index contributed by atoms with van der Waals surface area (Å²) in [4.78, 5) is 14.4. The molecule has 2 aliphatic rings. The molecule has 0 bridgehead atoms. The lowest BCUT2D eigenvalue weighted by atomic mass is 9.71. The minimum absolute atomic E-state index is 0.182. The fraction of sp³-hybridized carbons (Fsp3) is 0.577. The van der Waals surface area contributed by atoms with E-state index < -0.39 is 5.97 Å². The second-order valence-corrected chi connectivity index (χ2v) is 9.74. The predicted octanol–water partition coefficient (Wildman–Crippen LogP) is 6.68. The van der Waals surface area contributed by atoms with Crippen molar-refractivity contribution in [3.05, 3.63) is 46.8 Å². The van der Waals surface area contributed by atoms with E-state index in [-0.39, 0.29) is 11.8 Å². The van der Waals surface area contributed by atoms with Gasteiger partial charge in [-0.15, -0.1) is 0 Å². The summed E-state index contributed by atoms with van der Waals surface area (Å²) in [7, 11) is 0. The summed E-state index contributed by atoms with van der Waals surface area (Å²) in [6, 6.07) is 6.53. The molecular weight excluding hydrogens is 408 g/mol. The maximum Gasteiger partial charge on any atom is 0.306 e. The highest BCUT2D eigenvalue weighted by molar-refractivity contribution is 6.35. The van der Waals surface area contributed by atoms with E-state index in [1.54, 1.807) is 0 Å². The molecule has 1 saturated heterocycles. The van der Waals surface area contributed by atoms with Crippen LogP contribution in [0.1, 0.15) is 70.8 Å². The zero-order valence-electron chi connectivity index (χ0n) is 19.0. The summed E-state index contributed by atoms with van der Waals surface area (Å²) in [6.07, 6.45) is 10.6. The lowest BCUT2D eigenvalue weighted by Crippen LogP contribution is -2.50. The number of carbonyl (C=O) groups is 1. The SMILES string of the molecule is C/C=C(/CC(C)c1cn(CC)c2cccc(Cl)c12)N1CCCC2C(C(=O)O)CCCC21. The summed E-state index contributed by atoms with van der Waals surface area (Å²) in [5.74, 6) is -0.172. The normalized spacial score (nSPS) is 25.5. The van der Waals surface area contributed by atoms with E-state index in [4.69, 9.17) is 11.6 Å². The molecule has 4 nitrogen and oxygen atoms in total. The molecule has 31 heavy (non-hydrogen) atoms. The zero-order chi connectivity index (χ0) is 22.1. The van der Waals surface area contributed by atoms with Crippen molar-refractivity contribution in [2.24, 2.45) is 11.8 Å². The van der Waals surface area contributed by atoms with Gasteiger partial charge >= 0.3 is 5.97 Å². The van der Waals surface area contributed by atoms with Crippen LogP contribution in [0.2, 0.25) is 5.02 Å². The van der Waals surface area contributed by atoms with Gasteiger partial charge in [0, 0.05) is 41.9 Å². The molecule has 168 valence electrons. The van der Waals surface area contributed by atoms with Gasteiger partial charge in [-0.05, 0) is 75.5 Å². The van der Waals surface area contributed by atoms with Crippen LogP contribution in [0.15, 0.2) is 36.2 Å². The summed E-state index contributed by atoms with van der Waals surface area (Å²) in [5, 5.41) is 11.8. The van der Waals surface area contributed by atoms with Gasteiger partial charge in [-0.2, -0.15) is 0 Å². The third-order valence-electron chi connectivity index (χ3n) is 7.65. The van der Waals surface area contributed by atoms with Crippen LogP contribution in [0.25, 0.3) is 10.9 Å². The highest BCUT2D eigenvalue weighted by Crippen LogP contribution is 2.43. The highest BCUT2D eigenvalue weighted by Gasteiger charge is 2.42. The van der Waals surface area contributed by atoms with Crippen LogP contribution in [0.4, 0.5) is 0 Å². The Labute approximate surface area is 190 Å². The third-order valence-corrected chi connectivity index (χ3v) is 7.97. The molecule has 0 radical (unpaired) electrons. The van der Waals surface area contributed by atoms with Gasteiger partial charge in [0.15, 0.2) is 0 Å². The van der Waals surface area contributed by atoms with Gasteiger partial charge in [-0.1, -0.05) is 37.1 Å². The maximum absolute atomic E-state index is 11.9. The van der Waals surface area contributed by atoms with Crippen LogP contribution in [0, 0.1) is 11.8 Å². The zero-order valence-corrected chi connectivity index (χ0v) is 19.7. The van der Waals surface area contributed by atoms with E-state index in [9.17, 15) is 9.90 Å². The van der Waals surface area contributed by atoms with Crippen LogP contribution >= 0.6 is 11.6 Å². The van der Waals surface area contributed by atoms with Gasteiger partial charge < -0.3 is 14.6 Å². The lowest BCUT2D eigenvalue weighted by molar-refractivity contribution is -0.147. The van der Waals surface area contributed by atoms with Crippen molar-refractivity contribution >= 4 is 28.5 Å². The Kier molecular flexibility index (Phi) is 6.66. The topological polar surface area (TPSA) is 45.5 Å². The minimum atomic E-state index is -0.603. The molecule has 1 N–H and O–H groups in total. The van der Waals surface area contributed by atoms with E-state index in [0.29, 0.717) is 12.0 Å². The minimum Gasteiger partial charge on any atom is -0.481 e. The van der Waals surface area contributed by atoms with Gasteiger partial charge in [0.25, 0.3) is 0 Å². The second-order valence-electron chi connectivity index (χ2n) is 9.33. The molecule has 1 aliphatic carbocycles. The van der Waals surface area contributed by atoms with Gasteiger partial charge in [0.2, 0.25) is 0 Å². The Bertz CT molecular complexity index is 979. The monoisotopic (exact) mass is 442 g/mol. The van der Waals surface area contributed by atoms with Crippen LogP contribution in [0.5, 0.6) is 0 Å². The fourth-order valence-corrected chi connectivity index (χ4v) is 6.43. The molecular formula is C26H35ClN2O2. The number of allylic oxidation sites excluding steroid dienone is 2. The van der Waals surface area contributed by atoms with Crippen molar-refractivity contribution in [2.75, 3.05) is 6.54 Å². The fourth-order valence-electron chi connectivity index (χ4n) is 6.15. The summed E-state index contributed by atoms with van der Waals surface area (Å²) in [5.41, 5.74) is 3.87. The van der Waals surface area contributed by atoms with Crippen molar-refractivity contribution in [3.63, 3.8) is 0 Å². The molecule has 1 aliphatic heterocycles. The molecule has 2 fully saturated rings. The van der Waals surface area contributed by atoms with Gasteiger partial charge in [-0.25, -0.2) is 0 Å². The van der Waals surface area contributed by atoms with Crippen molar-refractivity contribution in [3.8, 4) is 0 Å². The molecule has 1 aromatic heterocycles. The number of benzene rings is 1. The summed E-state index contributed by atoms with van der Waals surface area (Å²) < 4.78 is 2.29. The number of hydrogen-bond acceptors (Lipinski definition) is 2. The van der Waals surface area contributed by atoms with Crippen LogP contribution < -0.4 is 0 Å². The van der Waals surface area contributed by atoms with E-state index in [1.807, 2.05) is 12.1 Å². The third kappa shape index (κ3) is 4.11. The Balaban J connectivity index is 1.60. The summed E-state index contributed by atoms with van der Waals surface area (Å²) in [6.45, 7) is 8.56. The number of aliphatic carboxylic acids is 1. The van der Waals surface area contributed by atoms with Crippen LogP contribution in [-0.4, -0.2) is 33.1 Å². The largest absolute Gasteiger partial charge is 0.481 e. The molecule has 2 heterocycles. The first-order valence-electron chi connectivity index (χ1n) is 11.9. The second kappa shape index (κ2) is 9.28. The molecule has 5 heteroatoms. The van der Waals surface area contributed by atoms with Gasteiger partial charge in [-0.3, -0.25) is 4.79 Å². The first-order valence-corrected chi connectivity index (χ1v) is 12.3. The molecule has 0 amide bonds. The number of aryl methyl sites for hydroxylation is 1. The van der Waals surface area contributed by atoms with Gasteiger partial charge in [0.05, 0.1) is 10.9 Å². The van der Waals surface area contributed by atoms with Crippen molar-refractivity contribution < 1.29 is 9.90 Å². The molecule has 0 spiro atoms. The molecule has 2 aromatic rings. The number of halogens is 1. The number of nitrogens with zero attached hydrogens (tertiary/aromatic N) is 2. The number of rotatable bonds is 6. The average molecular weight is 443 g/mol. The summed E-state index contributed by atoms with van der Waals surface area (Å²) >= 11 is 6.64. The molecule has 4 rings (SSSR count). The average Bonchev–Trinajstić information content (AvgIpc) is 3.17. The van der Waals surface area contributed by atoms with E-state index in [0.717, 1.165) is 56.6 Å². The lowest BCUT2D eigenvalue weighted by Gasteiger charge is -2.48. The Hall–Kier alpha value is -1.94. The number of carboxylic acids is 1. The maximum atomic E-state index is 11.9. The van der Waals surface area contributed by atoms with E-state index >= 15 is 0 Å². The first-order chi connectivity index (χ1) is 15.0. The number of carboxylic acid groups (broad SMARTS) is 1. The number of piperidine rings is 1. The van der Waals surface area contributed by atoms with E-state index in [2.05, 4.69) is 48.6 Å². The first kappa shape index (κ1) is 22.3. The molecule has 1 saturated carbocycles. The number of hydrogen-bond donors (Lipinski definition) is 1. The molecule has 4 atom stereocenters. The van der Waals surface area contributed by atoms with Crippen molar-refractivity contribution in [1.82, 2.24) is 9.47 Å². The Morgan fingerprint density at radius 2 is 2.10 bits per heavy atom. The standard InChI is InChI=1S/C26H35ClN2O2/c1-4-18(29-14-8-10-19-20(26(30)31)9-6-12-23(19)29)15-17(3)21-16-28(5-2)24-13-7-11-22(27)25(21)24/h4,7,11,13,16-17,19-20,23H,5-6,8-10,12,14-15H2,1-3H3,(H,30,31)/b18-4-. The number of fused-ring (bicyclic) bond motifs is 2. The van der Waals surface area contributed by atoms with E-state index in [1.165, 1.54) is 22.2 Å². The van der Waals surface area contributed by atoms with Crippen molar-refractivity contribution in [1.29, 1.82) is 0 Å². The van der Waals surface area contributed by atoms with Crippen LogP contribution in [-0.2, 0) is 11.3 Å². The quantitative estimate of drug-likeness (QED) is 0.542. The Morgan fingerprint density at radius 3 is 2.81 bits per heavy atom. The smallest absolute Gasteiger partial charge is 0.306 e.